The molecule has 0 atom stereocenters. The van der Waals surface area contributed by atoms with E-state index in [2.05, 4.69) is 15.0 Å². The van der Waals surface area contributed by atoms with Gasteiger partial charge in [-0.2, -0.15) is 9.97 Å². The van der Waals surface area contributed by atoms with E-state index in [1.54, 1.807) is 0 Å². The van der Waals surface area contributed by atoms with Gasteiger partial charge in [-0.15, -0.1) is 0 Å². The Bertz CT molecular complexity index is 886. The van der Waals surface area contributed by atoms with Crippen LogP contribution in [0.2, 0.25) is 5.28 Å². The molecule has 0 amide bonds. The molecule has 0 saturated carbocycles. The van der Waals surface area contributed by atoms with Crippen LogP contribution < -0.4 is 0 Å². The quantitative estimate of drug-likeness (QED) is 0.596. The summed E-state index contributed by atoms with van der Waals surface area (Å²) in [6.45, 7) is 1.98. The summed E-state index contributed by atoms with van der Waals surface area (Å²) in [5.41, 5.74) is 2.88. The van der Waals surface area contributed by atoms with Gasteiger partial charge in [0, 0.05) is 11.1 Å². The van der Waals surface area contributed by atoms with Crippen molar-refractivity contribution in [2.45, 2.75) is 6.92 Å². The predicted molar refractivity (Wildman–Crippen MR) is 99.6 cm³/mol. The van der Waals surface area contributed by atoms with E-state index < -0.39 is 0 Å². The van der Waals surface area contributed by atoms with Gasteiger partial charge in [0.2, 0.25) is 5.28 Å². The first kappa shape index (κ1) is 16.1. The monoisotopic (exact) mass is 333 g/mol. The second kappa shape index (κ2) is 7.66. The topological polar surface area (TPSA) is 38.7 Å². The van der Waals surface area contributed by atoms with Crippen molar-refractivity contribution in [2.75, 3.05) is 0 Å². The third kappa shape index (κ3) is 3.94. The van der Waals surface area contributed by atoms with Crippen molar-refractivity contribution >= 4 is 17.7 Å². The molecule has 0 fully saturated rings. The highest BCUT2D eigenvalue weighted by Gasteiger charge is 2.09. The number of halogens is 1. The van der Waals surface area contributed by atoms with Crippen molar-refractivity contribution in [1.29, 1.82) is 0 Å². The van der Waals surface area contributed by atoms with Crippen molar-refractivity contribution in [1.82, 2.24) is 15.0 Å². The lowest BCUT2D eigenvalue weighted by Crippen LogP contribution is -1.97. The summed E-state index contributed by atoms with van der Waals surface area (Å²) >= 11 is 6.11. The minimum absolute atomic E-state index is 0.189. The molecule has 0 bridgehead atoms. The molecule has 0 saturated heterocycles. The zero-order chi connectivity index (χ0) is 16.8. The maximum Gasteiger partial charge on any atom is 0.226 e. The molecule has 1 heterocycles. The van der Waals surface area contributed by atoms with Crippen molar-refractivity contribution in [3.8, 4) is 22.8 Å². The second-order valence-corrected chi connectivity index (χ2v) is 5.47. The van der Waals surface area contributed by atoms with Crippen molar-refractivity contribution in [2.24, 2.45) is 0 Å². The molecule has 0 aliphatic carbocycles. The lowest BCUT2D eigenvalue weighted by Gasteiger charge is -2.05. The highest BCUT2D eigenvalue weighted by molar-refractivity contribution is 6.28. The first-order valence-corrected chi connectivity index (χ1v) is 8.01. The summed E-state index contributed by atoms with van der Waals surface area (Å²) in [7, 11) is 0. The van der Waals surface area contributed by atoms with Crippen LogP contribution in [-0.4, -0.2) is 15.0 Å². The standard InChI is InChI=1S/C20H16ClN3/c1-2-3-5-9-15-10-8-13-17(14-15)19-22-18(23-20(21)24-19)16-11-6-4-7-12-16/h2-14H,1H3/b3-2-,9-5+. The van der Waals surface area contributed by atoms with E-state index in [0.717, 1.165) is 16.7 Å². The first-order chi connectivity index (χ1) is 11.8. The molecule has 0 radical (unpaired) electrons. The molecule has 118 valence electrons. The molecule has 0 aliphatic heterocycles. The molecular weight excluding hydrogens is 318 g/mol. The molecule has 3 nitrogen and oxygen atoms in total. The molecule has 3 rings (SSSR count). The Morgan fingerprint density at radius 2 is 1.50 bits per heavy atom. The lowest BCUT2D eigenvalue weighted by molar-refractivity contribution is 1.07. The number of hydrogen-bond acceptors (Lipinski definition) is 3. The van der Waals surface area contributed by atoms with Crippen molar-refractivity contribution in [3.63, 3.8) is 0 Å². The maximum atomic E-state index is 6.11. The SMILES string of the molecule is C/C=C\C=C\c1cccc(-c2nc(Cl)nc(-c3ccccc3)n2)c1. The molecule has 24 heavy (non-hydrogen) atoms. The van der Waals surface area contributed by atoms with Gasteiger partial charge in [0.1, 0.15) is 0 Å². The summed E-state index contributed by atoms with van der Waals surface area (Å²) in [5.74, 6) is 1.13. The second-order valence-electron chi connectivity index (χ2n) is 5.13. The molecule has 0 aliphatic rings. The largest absolute Gasteiger partial charge is 0.226 e. The third-order valence-electron chi connectivity index (χ3n) is 3.38. The van der Waals surface area contributed by atoms with Crippen molar-refractivity contribution in [3.05, 3.63) is 83.7 Å². The Morgan fingerprint density at radius 3 is 2.25 bits per heavy atom. The van der Waals surface area contributed by atoms with Gasteiger partial charge in [0.05, 0.1) is 0 Å². The Kier molecular flexibility index (Phi) is 5.14. The van der Waals surface area contributed by atoms with Crippen LogP contribution in [0.1, 0.15) is 12.5 Å². The van der Waals surface area contributed by atoms with E-state index in [9.17, 15) is 0 Å². The Labute approximate surface area is 146 Å². The normalized spacial score (nSPS) is 11.4. The average molecular weight is 334 g/mol. The van der Waals surface area contributed by atoms with Gasteiger partial charge in [-0.3, -0.25) is 0 Å². The fourth-order valence-electron chi connectivity index (χ4n) is 2.25. The molecule has 2 aromatic carbocycles. The van der Waals surface area contributed by atoms with Crippen LogP contribution in [0.3, 0.4) is 0 Å². The van der Waals surface area contributed by atoms with E-state index >= 15 is 0 Å². The number of benzene rings is 2. The average Bonchev–Trinajstić information content (AvgIpc) is 2.62. The smallest absolute Gasteiger partial charge is 0.208 e. The van der Waals surface area contributed by atoms with E-state index in [-0.39, 0.29) is 5.28 Å². The summed E-state index contributed by atoms with van der Waals surface area (Å²) in [5, 5.41) is 0.189. The molecule has 4 heteroatoms. The van der Waals surface area contributed by atoms with Gasteiger partial charge in [0.15, 0.2) is 11.6 Å². The number of allylic oxidation sites excluding steroid dienone is 3. The zero-order valence-electron chi connectivity index (χ0n) is 13.2. The fraction of sp³-hybridized carbons (Fsp3) is 0.0500. The van der Waals surface area contributed by atoms with Crippen LogP contribution in [0.5, 0.6) is 0 Å². The molecule has 0 unspecified atom stereocenters. The van der Waals surface area contributed by atoms with Gasteiger partial charge in [-0.1, -0.05) is 72.8 Å². The summed E-state index contributed by atoms with van der Waals surface area (Å²) < 4.78 is 0. The van der Waals surface area contributed by atoms with Crippen molar-refractivity contribution < 1.29 is 0 Å². The van der Waals surface area contributed by atoms with Crippen LogP contribution >= 0.6 is 11.6 Å². The predicted octanol–water partition coefficient (Wildman–Crippen LogP) is 5.45. The highest BCUT2D eigenvalue weighted by atomic mass is 35.5. The summed E-state index contributed by atoms with van der Waals surface area (Å²) in [6.07, 6.45) is 8.00. The van der Waals surface area contributed by atoms with Crippen LogP contribution in [0, 0.1) is 0 Å². The van der Waals surface area contributed by atoms with Crippen LogP contribution in [0.4, 0.5) is 0 Å². The number of rotatable bonds is 4. The van der Waals surface area contributed by atoms with Gasteiger partial charge < -0.3 is 0 Å². The van der Waals surface area contributed by atoms with Gasteiger partial charge in [-0.05, 0) is 30.2 Å². The Hall–Kier alpha value is -2.78. The molecule has 3 aromatic rings. The lowest BCUT2D eigenvalue weighted by atomic mass is 10.1. The number of nitrogens with zero attached hydrogens (tertiary/aromatic N) is 3. The van der Waals surface area contributed by atoms with E-state index in [1.807, 2.05) is 85.8 Å². The number of hydrogen-bond donors (Lipinski definition) is 0. The van der Waals surface area contributed by atoms with E-state index in [4.69, 9.17) is 11.6 Å². The van der Waals surface area contributed by atoms with Gasteiger partial charge >= 0.3 is 0 Å². The molecule has 0 N–H and O–H groups in total. The fourth-order valence-corrected chi connectivity index (χ4v) is 2.41. The summed E-state index contributed by atoms with van der Waals surface area (Å²) in [6, 6.07) is 17.7. The summed E-state index contributed by atoms with van der Waals surface area (Å²) in [4.78, 5) is 13.1. The molecule has 0 spiro atoms. The number of aromatic nitrogens is 3. The minimum Gasteiger partial charge on any atom is -0.208 e. The van der Waals surface area contributed by atoms with Gasteiger partial charge in [0.25, 0.3) is 0 Å². The van der Waals surface area contributed by atoms with Crippen LogP contribution in [0.25, 0.3) is 28.9 Å². The molecular formula is C20H16ClN3. The van der Waals surface area contributed by atoms with E-state index in [0.29, 0.717) is 11.6 Å². The minimum atomic E-state index is 0.189. The van der Waals surface area contributed by atoms with E-state index in [1.165, 1.54) is 0 Å². The zero-order valence-corrected chi connectivity index (χ0v) is 14.0. The van der Waals surface area contributed by atoms with Gasteiger partial charge in [-0.25, -0.2) is 4.98 Å². The highest BCUT2D eigenvalue weighted by Crippen LogP contribution is 2.22. The third-order valence-corrected chi connectivity index (χ3v) is 3.55. The first-order valence-electron chi connectivity index (χ1n) is 7.63. The molecule has 1 aromatic heterocycles. The Balaban J connectivity index is 2.01. The van der Waals surface area contributed by atoms with Crippen LogP contribution in [-0.2, 0) is 0 Å². The Morgan fingerprint density at radius 1 is 0.792 bits per heavy atom. The van der Waals surface area contributed by atoms with Crippen LogP contribution in [0.15, 0.2) is 72.8 Å². The maximum absolute atomic E-state index is 6.11.